The predicted molar refractivity (Wildman–Crippen MR) is 139 cm³/mol. The molecule has 2 unspecified atom stereocenters. The van der Waals surface area contributed by atoms with Gasteiger partial charge in [-0.25, -0.2) is 13.6 Å². The van der Waals surface area contributed by atoms with E-state index in [-0.39, 0.29) is 45.6 Å². The number of halogens is 2. The van der Waals surface area contributed by atoms with E-state index in [4.69, 9.17) is 4.74 Å². The van der Waals surface area contributed by atoms with Crippen molar-refractivity contribution in [3.05, 3.63) is 65.7 Å². The maximum absolute atomic E-state index is 14.2. The SMILES string of the molecule is CC(CC(=O)Oc1ccc(-c2ccc(F)cc2F)cc1C(=O)O)CC(C)C(C)(C)/C=C\CC(C)(C)C. The average Bonchev–Trinajstić information content (AvgIpc) is 2.72. The fourth-order valence-corrected chi connectivity index (χ4v) is 4.00. The fraction of sp³-hybridized carbons (Fsp3) is 0.467. The van der Waals surface area contributed by atoms with Crippen LogP contribution < -0.4 is 4.74 Å². The molecular weight excluding hydrogens is 462 g/mol. The summed E-state index contributed by atoms with van der Waals surface area (Å²) in [6.45, 7) is 15.1. The zero-order valence-electron chi connectivity index (χ0n) is 22.3. The second-order valence-electron chi connectivity index (χ2n) is 11.5. The Morgan fingerprint density at radius 2 is 1.69 bits per heavy atom. The van der Waals surface area contributed by atoms with Crippen LogP contribution in [0.3, 0.4) is 0 Å². The quantitative estimate of drug-likeness (QED) is 0.202. The van der Waals surface area contributed by atoms with E-state index in [1.165, 1.54) is 24.3 Å². The molecule has 6 heteroatoms. The summed E-state index contributed by atoms with van der Waals surface area (Å²) < 4.78 is 32.8. The van der Waals surface area contributed by atoms with Gasteiger partial charge in [0.05, 0.1) is 0 Å². The Morgan fingerprint density at radius 3 is 2.28 bits per heavy atom. The molecule has 0 bridgehead atoms. The lowest BCUT2D eigenvalue weighted by Gasteiger charge is -2.31. The third kappa shape index (κ3) is 8.58. The Kier molecular flexibility index (Phi) is 9.58. The molecule has 2 rings (SSSR count). The lowest BCUT2D eigenvalue weighted by Crippen LogP contribution is -2.23. The number of rotatable bonds is 10. The molecule has 196 valence electrons. The van der Waals surface area contributed by atoms with Crippen molar-refractivity contribution in [3.63, 3.8) is 0 Å². The minimum Gasteiger partial charge on any atom is -0.478 e. The van der Waals surface area contributed by atoms with Crippen molar-refractivity contribution >= 4 is 11.9 Å². The molecule has 0 aliphatic carbocycles. The Balaban J connectivity index is 2.07. The van der Waals surface area contributed by atoms with E-state index in [9.17, 15) is 23.5 Å². The minimum absolute atomic E-state index is 0.0312. The molecule has 0 heterocycles. The van der Waals surface area contributed by atoms with Gasteiger partial charge in [-0.2, -0.15) is 0 Å². The highest BCUT2D eigenvalue weighted by Crippen LogP contribution is 2.35. The van der Waals surface area contributed by atoms with Crippen molar-refractivity contribution in [1.29, 1.82) is 0 Å². The van der Waals surface area contributed by atoms with Gasteiger partial charge in [0, 0.05) is 18.1 Å². The summed E-state index contributed by atoms with van der Waals surface area (Å²) in [6, 6.07) is 7.06. The van der Waals surface area contributed by atoms with Gasteiger partial charge in [-0.1, -0.05) is 66.7 Å². The molecule has 2 aromatic carbocycles. The molecule has 0 radical (unpaired) electrons. The van der Waals surface area contributed by atoms with E-state index < -0.39 is 23.6 Å². The Bertz CT molecular complexity index is 1110. The smallest absolute Gasteiger partial charge is 0.339 e. The van der Waals surface area contributed by atoms with Gasteiger partial charge in [-0.05, 0) is 65.3 Å². The number of carbonyl (C=O) groups is 2. The van der Waals surface area contributed by atoms with E-state index >= 15 is 0 Å². The lowest BCUT2D eigenvalue weighted by atomic mass is 9.74. The van der Waals surface area contributed by atoms with Crippen molar-refractivity contribution in [2.75, 3.05) is 0 Å². The summed E-state index contributed by atoms with van der Waals surface area (Å²) in [5, 5.41) is 9.62. The van der Waals surface area contributed by atoms with Crippen LogP contribution in [0.5, 0.6) is 5.75 Å². The molecular formula is C30H38F2O4. The highest BCUT2D eigenvalue weighted by molar-refractivity contribution is 5.93. The standard InChI is InChI=1S/C30H38F2O4/c1-19(15-20(2)30(6,7)14-8-13-29(3,4)5)16-27(33)36-26-12-9-21(17-24(26)28(34)35)23-11-10-22(31)18-25(23)32/h8-12,14,17-20H,13,15-16H2,1-7H3,(H,34,35)/b14-8-. The van der Waals surface area contributed by atoms with E-state index in [1.807, 2.05) is 6.92 Å². The first-order chi connectivity index (χ1) is 16.6. The highest BCUT2D eigenvalue weighted by Gasteiger charge is 2.26. The van der Waals surface area contributed by atoms with Gasteiger partial charge in [0.25, 0.3) is 0 Å². The highest BCUT2D eigenvalue weighted by atomic mass is 19.1. The molecule has 36 heavy (non-hydrogen) atoms. The number of esters is 1. The van der Waals surface area contributed by atoms with Crippen molar-refractivity contribution in [3.8, 4) is 16.9 Å². The topological polar surface area (TPSA) is 63.6 Å². The molecule has 0 amide bonds. The molecule has 1 N–H and O–H groups in total. The molecule has 0 fully saturated rings. The number of hydrogen-bond acceptors (Lipinski definition) is 3. The van der Waals surface area contributed by atoms with E-state index in [1.54, 1.807) is 0 Å². The number of carboxylic acids is 1. The third-order valence-corrected chi connectivity index (χ3v) is 6.49. The molecule has 0 saturated carbocycles. The monoisotopic (exact) mass is 500 g/mol. The van der Waals surface area contributed by atoms with E-state index in [0.717, 1.165) is 25.0 Å². The Labute approximate surface area is 213 Å². The number of aromatic carboxylic acids is 1. The van der Waals surface area contributed by atoms with Gasteiger partial charge in [0.1, 0.15) is 22.9 Å². The first-order valence-corrected chi connectivity index (χ1v) is 12.3. The summed E-state index contributed by atoms with van der Waals surface area (Å²) in [7, 11) is 0. The lowest BCUT2D eigenvalue weighted by molar-refractivity contribution is -0.135. The van der Waals surface area contributed by atoms with Gasteiger partial charge in [-0.15, -0.1) is 0 Å². The number of benzene rings is 2. The van der Waals surface area contributed by atoms with Crippen LogP contribution in [0.4, 0.5) is 8.78 Å². The van der Waals surface area contributed by atoms with Crippen LogP contribution >= 0.6 is 0 Å². The summed E-state index contributed by atoms with van der Waals surface area (Å²) in [5.41, 5.74) is 0.223. The normalized spacial score (nSPS) is 14.0. The van der Waals surface area contributed by atoms with E-state index in [2.05, 4.69) is 53.7 Å². The zero-order chi connectivity index (χ0) is 27.3. The molecule has 0 aromatic heterocycles. The van der Waals surface area contributed by atoms with Crippen molar-refractivity contribution in [2.24, 2.45) is 22.7 Å². The number of allylic oxidation sites excluding steroid dienone is 2. The number of hydrogen-bond donors (Lipinski definition) is 1. The molecule has 4 nitrogen and oxygen atoms in total. The van der Waals surface area contributed by atoms with Crippen LogP contribution in [0.1, 0.15) is 78.1 Å². The molecule has 0 saturated heterocycles. The fourth-order valence-electron chi connectivity index (χ4n) is 4.00. The summed E-state index contributed by atoms with van der Waals surface area (Å²) in [6.07, 6.45) is 6.41. The van der Waals surface area contributed by atoms with Gasteiger partial charge in [-0.3, -0.25) is 4.79 Å². The molecule has 0 aliphatic heterocycles. The number of carbonyl (C=O) groups excluding carboxylic acids is 1. The third-order valence-electron chi connectivity index (χ3n) is 6.49. The number of ether oxygens (including phenoxy) is 1. The van der Waals surface area contributed by atoms with Gasteiger partial charge >= 0.3 is 11.9 Å². The van der Waals surface area contributed by atoms with Crippen molar-refractivity contribution < 1.29 is 28.2 Å². The van der Waals surface area contributed by atoms with Crippen LogP contribution in [0, 0.1) is 34.3 Å². The molecule has 0 spiro atoms. The number of carboxylic acid groups (broad SMARTS) is 1. The summed E-state index contributed by atoms with van der Waals surface area (Å²) >= 11 is 0. The molecule has 2 aromatic rings. The summed E-state index contributed by atoms with van der Waals surface area (Å²) in [4.78, 5) is 24.4. The van der Waals surface area contributed by atoms with Gasteiger partial charge in [0.15, 0.2) is 0 Å². The maximum Gasteiger partial charge on any atom is 0.339 e. The van der Waals surface area contributed by atoms with Gasteiger partial charge < -0.3 is 9.84 Å². The average molecular weight is 501 g/mol. The zero-order valence-corrected chi connectivity index (χ0v) is 22.3. The largest absolute Gasteiger partial charge is 0.478 e. The Hall–Kier alpha value is -3.02. The van der Waals surface area contributed by atoms with Crippen LogP contribution in [-0.4, -0.2) is 17.0 Å². The van der Waals surface area contributed by atoms with Crippen LogP contribution in [-0.2, 0) is 4.79 Å². The van der Waals surface area contributed by atoms with Crippen LogP contribution in [0.25, 0.3) is 11.1 Å². The van der Waals surface area contributed by atoms with Crippen LogP contribution in [0.15, 0.2) is 48.6 Å². The summed E-state index contributed by atoms with van der Waals surface area (Å²) in [5.74, 6) is -3.14. The molecule has 2 atom stereocenters. The maximum atomic E-state index is 14.2. The second kappa shape index (κ2) is 11.8. The first kappa shape index (κ1) is 29.2. The predicted octanol–water partition coefficient (Wildman–Crippen LogP) is 8.31. The van der Waals surface area contributed by atoms with Gasteiger partial charge in [0.2, 0.25) is 0 Å². The van der Waals surface area contributed by atoms with Crippen molar-refractivity contribution in [1.82, 2.24) is 0 Å². The second-order valence-corrected chi connectivity index (χ2v) is 11.5. The minimum atomic E-state index is -1.31. The van der Waals surface area contributed by atoms with Crippen molar-refractivity contribution in [2.45, 2.75) is 67.7 Å². The van der Waals surface area contributed by atoms with E-state index in [0.29, 0.717) is 5.92 Å². The van der Waals surface area contributed by atoms with Crippen LogP contribution in [0.2, 0.25) is 0 Å². The first-order valence-electron chi connectivity index (χ1n) is 12.3. The Morgan fingerprint density at radius 1 is 1.03 bits per heavy atom. The molecule has 0 aliphatic rings.